The van der Waals surface area contributed by atoms with E-state index in [1.807, 2.05) is 20.8 Å². The van der Waals surface area contributed by atoms with E-state index in [4.69, 9.17) is 9.57 Å². The molecule has 280 valence electrons. The van der Waals surface area contributed by atoms with Gasteiger partial charge in [-0.1, -0.05) is 55.8 Å². The SMILES string of the molecule is Cc1ccc(-c2cc(C(F)(F)F)nn2-c2ccc(S(=O)(=O)NC(=O)OC[C@H](CC(C)C)N(C)[N+]([O-])=NOCN3C(=O)c4ccccc4C3=O)cc2)cc1. The Bertz CT molecular complexity index is 2100. The summed E-state index contributed by atoms with van der Waals surface area (Å²) in [4.78, 5) is 43.0. The molecule has 2 heterocycles. The van der Waals surface area contributed by atoms with Gasteiger partial charge in [0.15, 0.2) is 5.69 Å². The highest BCUT2D eigenvalue weighted by atomic mass is 32.2. The van der Waals surface area contributed by atoms with Gasteiger partial charge in [0.05, 0.1) is 39.4 Å². The van der Waals surface area contributed by atoms with Crippen LogP contribution in [0.5, 0.6) is 0 Å². The molecule has 5 rings (SSSR count). The van der Waals surface area contributed by atoms with Gasteiger partial charge in [-0.05, 0) is 61.7 Å². The van der Waals surface area contributed by atoms with Gasteiger partial charge in [0.2, 0.25) is 12.0 Å². The van der Waals surface area contributed by atoms with E-state index in [-0.39, 0.29) is 39.8 Å². The van der Waals surface area contributed by atoms with Crippen LogP contribution in [0.2, 0.25) is 0 Å². The summed E-state index contributed by atoms with van der Waals surface area (Å²) in [6.45, 7) is 4.38. The Morgan fingerprint density at radius 1 is 1.02 bits per heavy atom. The van der Waals surface area contributed by atoms with Crippen LogP contribution < -0.4 is 4.72 Å². The third kappa shape index (κ3) is 8.74. The lowest BCUT2D eigenvalue weighted by molar-refractivity contribution is -0.713. The fourth-order valence-electron chi connectivity index (χ4n) is 5.34. The lowest BCUT2D eigenvalue weighted by Crippen LogP contribution is -2.43. The molecule has 0 saturated carbocycles. The van der Waals surface area contributed by atoms with Crippen molar-refractivity contribution in [3.8, 4) is 16.9 Å². The fraction of sp³-hybridized carbons (Fsp3) is 0.294. The molecule has 0 saturated heterocycles. The highest BCUT2D eigenvalue weighted by Gasteiger charge is 2.37. The summed E-state index contributed by atoms with van der Waals surface area (Å²) >= 11 is 0. The molecule has 0 aliphatic carbocycles. The fourth-order valence-corrected chi connectivity index (χ4v) is 6.23. The molecule has 15 nitrogen and oxygen atoms in total. The van der Waals surface area contributed by atoms with Crippen molar-refractivity contribution in [2.24, 2.45) is 11.2 Å². The van der Waals surface area contributed by atoms with Crippen LogP contribution in [0.25, 0.3) is 16.9 Å². The second-order valence-corrected chi connectivity index (χ2v) is 14.1. The summed E-state index contributed by atoms with van der Waals surface area (Å²) in [5, 5.41) is 20.8. The standard InChI is InChI=1S/C34H34F3N7O8S/c1-21(2)17-25(41(4)44(48)40-52-20-42-31(45)27-7-5-6-8-28(27)32(42)46)19-51-33(47)39-53(49,50)26-15-13-24(14-16-26)43-29(18-30(38-43)34(35,36)37)23-11-9-22(3)10-12-23/h5-16,18,21,25H,17,19-20H2,1-4H3,(H,39,47)/t25-/m0/s1. The van der Waals surface area contributed by atoms with Gasteiger partial charge in [-0.25, -0.2) is 27.5 Å². The number of carbonyl (C=O) groups is 3. The Labute approximate surface area is 301 Å². The van der Waals surface area contributed by atoms with Crippen LogP contribution in [0.15, 0.2) is 89.0 Å². The van der Waals surface area contributed by atoms with Crippen molar-refractivity contribution in [3.05, 3.63) is 106 Å². The quantitative estimate of drug-likeness (QED) is 0.0771. The van der Waals surface area contributed by atoms with Gasteiger partial charge in [-0.15, -0.1) is 5.01 Å². The number of aromatic nitrogens is 2. The third-order valence-electron chi connectivity index (χ3n) is 8.10. The Balaban J connectivity index is 1.22. The highest BCUT2D eigenvalue weighted by Crippen LogP contribution is 2.33. The predicted octanol–water partition coefficient (Wildman–Crippen LogP) is 5.69. The molecule has 19 heteroatoms. The lowest BCUT2D eigenvalue weighted by Gasteiger charge is -2.25. The number of nitrogens with one attached hydrogen (secondary N) is 1. The number of rotatable bonds is 13. The molecule has 1 aromatic heterocycles. The van der Waals surface area contributed by atoms with Crippen molar-refractivity contribution < 1.29 is 50.5 Å². The molecule has 0 fully saturated rings. The van der Waals surface area contributed by atoms with E-state index in [2.05, 4.69) is 10.4 Å². The Kier molecular flexibility index (Phi) is 11.1. The Morgan fingerprint density at radius 2 is 1.62 bits per heavy atom. The van der Waals surface area contributed by atoms with Crippen LogP contribution in [0.4, 0.5) is 18.0 Å². The van der Waals surface area contributed by atoms with Gasteiger partial charge in [0.1, 0.15) is 12.6 Å². The molecular weight excluding hydrogens is 723 g/mol. The number of alkyl halides is 3. The minimum Gasteiger partial charge on any atom is -0.569 e. The topological polar surface area (TPSA) is 179 Å². The second kappa shape index (κ2) is 15.3. The number of nitrogens with zero attached hydrogens (tertiary/aromatic N) is 6. The van der Waals surface area contributed by atoms with Crippen LogP contribution in [-0.4, -0.2) is 77.4 Å². The molecule has 1 aliphatic heterocycles. The number of sulfonamides is 1. The first-order valence-corrected chi connectivity index (χ1v) is 17.5. The summed E-state index contributed by atoms with van der Waals surface area (Å²) < 4.78 is 74.7. The first-order chi connectivity index (χ1) is 25.0. The minimum atomic E-state index is -4.74. The van der Waals surface area contributed by atoms with E-state index in [1.54, 1.807) is 41.1 Å². The molecule has 0 bridgehead atoms. The van der Waals surface area contributed by atoms with Crippen LogP contribution in [-0.2, 0) is 25.8 Å². The molecule has 3 amide bonds. The van der Waals surface area contributed by atoms with Gasteiger partial charge < -0.3 is 14.8 Å². The monoisotopic (exact) mass is 757 g/mol. The van der Waals surface area contributed by atoms with Crippen LogP contribution in [0.3, 0.4) is 0 Å². The number of ether oxygens (including phenoxy) is 1. The van der Waals surface area contributed by atoms with E-state index < -0.39 is 64.1 Å². The van der Waals surface area contributed by atoms with Crippen molar-refractivity contribution in [3.63, 3.8) is 0 Å². The van der Waals surface area contributed by atoms with E-state index in [9.17, 15) is 41.2 Å². The summed E-state index contributed by atoms with van der Waals surface area (Å²) in [7, 11) is -3.20. The number of benzene rings is 3. The number of hydrogen-bond acceptors (Lipinski definition) is 10. The molecule has 0 radical (unpaired) electrons. The largest absolute Gasteiger partial charge is 0.569 e. The van der Waals surface area contributed by atoms with Crippen molar-refractivity contribution in [1.29, 1.82) is 0 Å². The molecule has 53 heavy (non-hydrogen) atoms. The average Bonchev–Trinajstić information content (AvgIpc) is 3.66. The molecule has 1 atom stereocenters. The second-order valence-electron chi connectivity index (χ2n) is 12.4. The number of fused-ring (bicyclic) bond motifs is 1. The van der Waals surface area contributed by atoms with Crippen molar-refractivity contribution in [2.45, 2.75) is 44.3 Å². The van der Waals surface area contributed by atoms with E-state index >= 15 is 0 Å². The zero-order valence-corrected chi connectivity index (χ0v) is 29.6. The number of halogens is 3. The number of amides is 3. The number of imide groups is 1. The first-order valence-electron chi connectivity index (χ1n) is 16.0. The third-order valence-corrected chi connectivity index (χ3v) is 9.43. The lowest BCUT2D eigenvalue weighted by atomic mass is 10.0. The van der Waals surface area contributed by atoms with E-state index in [0.717, 1.165) is 38.4 Å². The number of likely N-dealkylation sites (N-methyl/N-ethyl adjacent to an activating group) is 1. The summed E-state index contributed by atoms with van der Waals surface area (Å²) in [6.07, 6.45) is -5.82. The zero-order valence-electron chi connectivity index (χ0n) is 28.8. The zero-order chi connectivity index (χ0) is 38.7. The Hall–Kier alpha value is -5.98. The number of hydrazine groups is 1. The first kappa shape index (κ1) is 38.3. The molecule has 3 aromatic carbocycles. The van der Waals surface area contributed by atoms with Gasteiger partial charge in [-0.2, -0.15) is 18.3 Å². The normalized spacial score (nSPS) is 14.0. The van der Waals surface area contributed by atoms with Crippen LogP contribution in [0, 0.1) is 18.0 Å². The van der Waals surface area contributed by atoms with Crippen molar-refractivity contribution in [1.82, 2.24) is 24.4 Å². The van der Waals surface area contributed by atoms with Crippen molar-refractivity contribution in [2.75, 3.05) is 20.4 Å². The maximum Gasteiger partial charge on any atom is 0.435 e. The summed E-state index contributed by atoms with van der Waals surface area (Å²) in [5.74, 6) is -1.25. The summed E-state index contributed by atoms with van der Waals surface area (Å²) in [5.41, 5.74) is 0.821. The smallest absolute Gasteiger partial charge is 0.435 e. The van der Waals surface area contributed by atoms with Crippen LogP contribution >= 0.6 is 0 Å². The van der Waals surface area contributed by atoms with Gasteiger partial charge in [-0.3, -0.25) is 9.59 Å². The molecule has 0 spiro atoms. The predicted molar refractivity (Wildman–Crippen MR) is 180 cm³/mol. The van der Waals surface area contributed by atoms with E-state index in [0.29, 0.717) is 5.56 Å². The molecule has 1 aliphatic rings. The number of hydrogen-bond donors (Lipinski definition) is 1. The average molecular weight is 758 g/mol. The minimum absolute atomic E-state index is 0.0301. The van der Waals surface area contributed by atoms with Gasteiger partial charge >= 0.3 is 12.3 Å². The molecule has 0 unspecified atom stereocenters. The van der Waals surface area contributed by atoms with Crippen molar-refractivity contribution >= 4 is 27.9 Å². The van der Waals surface area contributed by atoms with Gasteiger partial charge in [0, 0.05) is 5.56 Å². The number of carbonyl (C=O) groups excluding carboxylic acids is 3. The molecule has 1 N–H and O–H groups in total. The van der Waals surface area contributed by atoms with Gasteiger partial charge in [0.25, 0.3) is 21.8 Å². The molecule has 4 aromatic rings. The van der Waals surface area contributed by atoms with Crippen LogP contribution in [0.1, 0.15) is 52.2 Å². The maximum absolute atomic E-state index is 13.6. The maximum atomic E-state index is 13.6. The molecular formula is C34H34F3N7O8S. The number of aryl methyl sites for hydroxylation is 1. The summed E-state index contributed by atoms with van der Waals surface area (Å²) in [6, 6.07) is 17.6. The highest BCUT2D eigenvalue weighted by molar-refractivity contribution is 7.90. The Morgan fingerprint density at radius 3 is 2.19 bits per heavy atom. The van der Waals surface area contributed by atoms with E-state index in [1.165, 1.54) is 31.3 Å².